The van der Waals surface area contributed by atoms with E-state index < -0.39 is 10.0 Å². The molecule has 1 saturated heterocycles. The van der Waals surface area contributed by atoms with Crippen LogP contribution in [0.5, 0.6) is 0 Å². The molecule has 1 aromatic rings. The Labute approximate surface area is 139 Å². The molecule has 0 bridgehead atoms. The molecule has 118 valence electrons. The van der Waals surface area contributed by atoms with Crippen molar-refractivity contribution in [3.05, 3.63) is 27.7 Å². The van der Waals surface area contributed by atoms with Crippen molar-refractivity contribution < 1.29 is 8.42 Å². The summed E-state index contributed by atoms with van der Waals surface area (Å²) in [5.41, 5.74) is 1.74. The first kappa shape index (κ1) is 17.3. The molecule has 0 spiro atoms. The van der Waals surface area contributed by atoms with Crippen molar-refractivity contribution in [1.29, 1.82) is 0 Å². The normalized spacial score (nSPS) is 20.7. The van der Waals surface area contributed by atoms with Gasteiger partial charge >= 0.3 is 0 Å². The van der Waals surface area contributed by atoms with Crippen LogP contribution in [0.15, 0.2) is 21.5 Å². The summed E-state index contributed by atoms with van der Waals surface area (Å²) in [7, 11) is -1.57. The highest BCUT2D eigenvalue weighted by Gasteiger charge is 2.30. The minimum absolute atomic E-state index is 0.345. The van der Waals surface area contributed by atoms with E-state index in [1.807, 2.05) is 31.8 Å². The van der Waals surface area contributed by atoms with Crippen molar-refractivity contribution in [3.8, 4) is 0 Å². The van der Waals surface area contributed by atoms with Crippen LogP contribution in [0.3, 0.4) is 0 Å². The summed E-state index contributed by atoms with van der Waals surface area (Å²) < 4.78 is 28.3. The first-order valence-corrected chi connectivity index (χ1v) is 10.2. The Hall–Kier alpha value is -0.0800. The van der Waals surface area contributed by atoms with Gasteiger partial charge in [0, 0.05) is 35.1 Å². The number of halogens is 1. The third-order valence-electron chi connectivity index (χ3n) is 3.56. The lowest BCUT2D eigenvalue weighted by Crippen LogP contribution is -2.41. The van der Waals surface area contributed by atoms with Gasteiger partial charge in [-0.3, -0.25) is 0 Å². The van der Waals surface area contributed by atoms with E-state index >= 15 is 0 Å². The average Bonchev–Trinajstić information content (AvgIpc) is 2.42. The molecule has 1 aliphatic rings. The van der Waals surface area contributed by atoms with E-state index in [1.165, 1.54) is 0 Å². The number of rotatable bonds is 4. The number of nitrogens with one attached hydrogen (secondary N) is 1. The Morgan fingerprint density at radius 1 is 1.48 bits per heavy atom. The van der Waals surface area contributed by atoms with Crippen molar-refractivity contribution in [2.45, 2.75) is 30.5 Å². The van der Waals surface area contributed by atoms with Gasteiger partial charge in [0.25, 0.3) is 0 Å². The zero-order chi connectivity index (χ0) is 15.6. The summed E-state index contributed by atoms with van der Waals surface area (Å²) in [5.74, 6) is 0.858. The fraction of sp³-hybridized carbons (Fsp3) is 0.571. The van der Waals surface area contributed by atoms with Gasteiger partial charge in [-0.05, 0) is 37.2 Å². The zero-order valence-corrected chi connectivity index (χ0v) is 15.7. The van der Waals surface area contributed by atoms with Gasteiger partial charge in [-0.1, -0.05) is 22.9 Å². The summed E-state index contributed by atoms with van der Waals surface area (Å²) >= 11 is 5.31. The lowest BCUT2D eigenvalue weighted by Gasteiger charge is -2.30. The van der Waals surface area contributed by atoms with Crippen LogP contribution >= 0.6 is 27.7 Å². The standard InChI is InChI=1S/C14H21BrN2O2S2/c1-10-9-17(4-5-20-10)21(18,19)14-7-12(8-16-3)6-13(15)11(14)2/h6-7,10,16H,4-5,8-9H2,1-3H3. The Balaban J connectivity index is 2.43. The molecule has 1 unspecified atom stereocenters. The molecule has 7 heteroatoms. The molecule has 1 heterocycles. The van der Waals surface area contributed by atoms with Gasteiger partial charge in [-0.15, -0.1) is 0 Å². The van der Waals surface area contributed by atoms with Gasteiger partial charge in [0.15, 0.2) is 0 Å². The smallest absolute Gasteiger partial charge is 0.243 e. The topological polar surface area (TPSA) is 49.4 Å². The van der Waals surface area contributed by atoms with Crippen molar-refractivity contribution in [1.82, 2.24) is 9.62 Å². The van der Waals surface area contributed by atoms with Crippen LogP contribution in [-0.4, -0.2) is 43.9 Å². The van der Waals surface area contributed by atoms with Crippen molar-refractivity contribution in [2.75, 3.05) is 25.9 Å². The van der Waals surface area contributed by atoms with Crippen molar-refractivity contribution in [3.63, 3.8) is 0 Å². The number of thioether (sulfide) groups is 1. The first-order valence-electron chi connectivity index (χ1n) is 6.91. The average molecular weight is 393 g/mol. The molecular formula is C14H21BrN2O2S2. The molecule has 2 rings (SSSR count). The molecule has 1 N–H and O–H groups in total. The summed E-state index contributed by atoms with van der Waals surface area (Å²) in [4.78, 5) is 0.418. The van der Waals surface area contributed by atoms with Gasteiger partial charge in [0.05, 0.1) is 4.90 Å². The van der Waals surface area contributed by atoms with Gasteiger partial charge in [-0.2, -0.15) is 16.1 Å². The molecule has 1 fully saturated rings. The van der Waals surface area contributed by atoms with E-state index in [4.69, 9.17) is 0 Å². The lowest BCUT2D eigenvalue weighted by atomic mass is 10.1. The van der Waals surface area contributed by atoms with Gasteiger partial charge in [-0.25, -0.2) is 8.42 Å². The van der Waals surface area contributed by atoms with E-state index in [0.29, 0.717) is 29.8 Å². The second kappa shape index (κ2) is 7.00. The number of hydrogen-bond donors (Lipinski definition) is 1. The Morgan fingerprint density at radius 3 is 2.81 bits per heavy atom. The first-order chi connectivity index (χ1) is 9.86. The van der Waals surface area contributed by atoms with Crippen LogP contribution < -0.4 is 5.32 Å². The predicted molar refractivity (Wildman–Crippen MR) is 92.3 cm³/mol. The summed E-state index contributed by atoms with van der Waals surface area (Å²) in [6, 6.07) is 3.76. The van der Waals surface area contributed by atoms with Crippen LogP contribution in [0.25, 0.3) is 0 Å². The summed E-state index contributed by atoms with van der Waals surface area (Å²) in [5, 5.41) is 3.41. The minimum atomic E-state index is -3.43. The van der Waals surface area contributed by atoms with Gasteiger partial charge in [0.1, 0.15) is 0 Å². The monoisotopic (exact) mass is 392 g/mol. The molecule has 0 radical (unpaired) electrons. The molecule has 0 aliphatic carbocycles. The second-order valence-electron chi connectivity index (χ2n) is 5.28. The highest BCUT2D eigenvalue weighted by atomic mass is 79.9. The van der Waals surface area contributed by atoms with Crippen LogP contribution in [0.4, 0.5) is 0 Å². The molecule has 0 saturated carbocycles. The molecule has 0 aromatic heterocycles. The fourth-order valence-electron chi connectivity index (χ4n) is 2.42. The summed E-state index contributed by atoms with van der Waals surface area (Å²) in [6.07, 6.45) is 0. The second-order valence-corrected chi connectivity index (χ2v) is 9.58. The molecule has 4 nitrogen and oxygen atoms in total. The maximum atomic E-state index is 12.9. The zero-order valence-electron chi connectivity index (χ0n) is 12.5. The molecule has 1 atom stereocenters. The van der Waals surface area contributed by atoms with Crippen molar-refractivity contribution in [2.24, 2.45) is 0 Å². The van der Waals surface area contributed by atoms with E-state index in [0.717, 1.165) is 21.4 Å². The molecule has 1 aromatic carbocycles. The highest BCUT2D eigenvalue weighted by Crippen LogP contribution is 2.30. The Morgan fingerprint density at radius 2 is 2.19 bits per heavy atom. The van der Waals surface area contributed by atoms with Crippen LogP contribution in [0.1, 0.15) is 18.1 Å². The third-order valence-corrected chi connectivity index (χ3v) is 7.51. The molecular weight excluding hydrogens is 372 g/mol. The van der Waals surface area contributed by atoms with Crippen molar-refractivity contribution >= 4 is 37.7 Å². The maximum absolute atomic E-state index is 12.9. The molecule has 1 aliphatic heterocycles. The summed E-state index contributed by atoms with van der Waals surface area (Å²) in [6.45, 7) is 5.74. The van der Waals surface area contributed by atoms with Crippen LogP contribution in [0.2, 0.25) is 0 Å². The molecule has 21 heavy (non-hydrogen) atoms. The Kier molecular flexibility index (Phi) is 5.76. The lowest BCUT2D eigenvalue weighted by molar-refractivity contribution is 0.423. The highest BCUT2D eigenvalue weighted by molar-refractivity contribution is 9.10. The van der Waals surface area contributed by atoms with E-state index in [2.05, 4.69) is 28.2 Å². The maximum Gasteiger partial charge on any atom is 0.243 e. The van der Waals surface area contributed by atoms with Gasteiger partial charge in [0.2, 0.25) is 10.0 Å². The number of sulfonamides is 1. The third kappa shape index (κ3) is 3.82. The predicted octanol–water partition coefficient (Wildman–Crippen LogP) is 2.60. The fourth-order valence-corrected chi connectivity index (χ4v) is 6.11. The van der Waals surface area contributed by atoms with Crippen LogP contribution in [-0.2, 0) is 16.6 Å². The van der Waals surface area contributed by atoms with Crippen LogP contribution in [0, 0.1) is 6.92 Å². The van der Waals surface area contributed by atoms with E-state index in [9.17, 15) is 8.42 Å². The number of nitrogens with zero attached hydrogens (tertiary/aromatic N) is 1. The number of hydrogen-bond acceptors (Lipinski definition) is 4. The van der Waals surface area contributed by atoms with E-state index in [1.54, 1.807) is 10.4 Å². The SMILES string of the molecule is CNCc1cc(Br)c(C)c(S(=O)(=O)N2CCSC(C)C2)c1. The van der Waals surface area contributed by atoms with E-state index in [-0.39, 0.29) is 0 Å². The number of benzene rings is 1. The Bertz CT molecular complexity index is 620. The largest absolute Gasteiger partial charge is 0.316 e. The molecule has 0 amide bonds. The quantitative estimate of drug-likeness (QED) is 0.855. The minimum Gasteiger partial charge on any atom is -0.316 e. The van der Waals surface area contributed by atoms with Gasteiger partial charge < -0.3 is 5.32 Å².